The molecule has 0 spiro atoms. The van der Waals surface area contributed by atoms with Crippen LogP contribution in [0, 0.1) is 0 Å². The summed E-state index contributed by atoms with van der Waals surface area (Å²) in [5.41, 5.74) is 10.1. The van der Waals surface area contributed by atoms with Gasteiger partial charge in [-0.2, -0.15) is 0 Å². The van der Waals surface area contributed by atoms with Crippen molar-refractivity contribution in [1.82, 2.24) is 9.88 Å². The average molecular weight is 444 g/mol. The third-order valence-electron chi connectivity index (χ3n) is 6.40. The zero-order chi connectivity index (χ0) is 20.9. The molecule has 0 unspecified atom stereocenters. The molecular weight excluding hydrogens is 418 g/mol. The van der Waals surface area contributed by atoms with E-state index in [4.69, 9.17) is 5.73 Å². The van der Waals surface area contributed by atoms with Gasteiger partial charge in [0.15, 0.2) is 0 Å². The Hall–Kier alpha value is -2.16. The number of likely N-dealkylation sites (tertiary alicyclic amines) is 1. The number of carbonyl (C=O) groups is 1. The van der Waals surface area contributed by atoms with Crippen molar-refractivity contribution < 1.29 is 13.2 Å². The lowest BCUT2D eigenvalue weighted by Crippen LogP contribution is -2.35. The summed E-state index contributed by atoms with van der Waals surface area (Å²) in [5.74, 6) is 0.147. The van der Waals surface area contributed by atoms with Gasteiger partial charge in [-0.3, -0.25) is 9.69 Å². The summed E-state index contributed by atoms with van der Waals surface area (Å²) in [6.07, 6.45) is 4.43. The number of aromatic amines is 1. The number of benzene rings is 1. The van der Waals surface area contributed by atoms with Crippen LogP contribution >= 0.6 is 11.3 Å². The Morgan fingerprint density at radius 2 is 1.93 bits per heavy atom. The molecule has 1 amide bonds. The second-order valence-electron chi connectivity index (χ2n) is 8.41. The van der Waals surface area contributed by atoms with Crippen molar-refractivity contribution in [2.45, 2.75) is 31.7 Å². The minimum absolute atomic E-state index is 0.169. The van der Waals surface area contributed by atoms with Crippen molar-refractivity contribution in [1.29, 1.82) is 0 Å². The van der Waals surface area contributed by atoms with Gasteiger partial charge in [-0.25, -0.2) is 8.42 Å². The van der Waals surface area contributed by atoms with E-state index in [0.717, 1.165) is 47.2 Å². The lowest BCUT2D eigenvalue weighted by atomic mass is 9.91. The molecule has 4 heterocycles. The highest BCUT2D eigenvalue weighted by Gasteiger charge is 2.27. The first-order valence-corrected chi connectivity index (χ1v) is 13.0. The molecule has 0 atom stereocenters. The Morgan fingerprint density at radius 3 is 2.60 bits per heavy atom. The van der Waals surface area contributed by atoms with Crippen molar-refractivity contribution in [3.8, 4) is 11.1 Å². The Kier molecular flexibility index (Phi) is 4.95. The van der Waals surface area contributed by atoms with E-state index in [-0.39, 0.29) is 17.4 Å². The molecule has 2 aromatic heterocycles. The summed E-state index contributed by atoms with van der Waals surface area (Å²) >= 11 is 1.74. The van der Waals surface area contributed by atoms with Crippen LogP contribution in [-0.4, -0.2) is 48.8 Å². The number of hydrogen-bond donors (Lipinski definition) is 2. The summed E-state index contributed by atoms with van der Waals surface area (Å²) in [6, 6.07) is 6.19. The molecule has 158 valence electrons. The first kappa shape index (κ1) is 19.8. The van der Waals surface area contributed by atoms with Crippen LogP contribution in [0.5, 0.6) is 0 Å². The van der Waals surface area contributed by atoms with E-state index < -0.39 is 15.7 Å². The molecule has 2 aliphatic heterocycles. The van der Waals surface area contributed by atoms with Crippen LogP contribution in [0.1, 0.15) is 46.0 Å². The zero-order valence-electron chi connectivity index (χ0n) is 16.7. The first-order chi connectivity index (χ1) is 14.4. The number of nitrogens with zero attached hydrogens (tertiary/aromatic N) is 1. The van der Waals surface area contributed by atoms with Gasteiger partial charge in [0, 0.05) is 23.0 Å². The van der Waals surface area contributed by atoms with E-state index in [0.29, 0.717) is 18.4 Å². The lowest BCUT2D eigenvalue weighted by molar-refractivity contribution is 0.100. The molecule has 0 bridgehead atoms. The van der Waals surface area contributed by atoms with Crippen LogP contribution in [0.25, 0.3) is 22.0 Å². The van der Waals surface area contributed by atoms with Gasteiger partial charge in [0.05, 0.1) is 22.6 Å². The van der Waals surface area contributed by atoms with Crippen LogP contribution in [0.2, 0.25) is 0 Å². The highest BCUT2D eigenvalue weighted by atomic mass is 32.2. The Balaban J connectivity index is 1.53. The minimum Gasteiger partial charge on any atom is -0.366 e. The molecule has 30 heavy (non-hydrogen) atoms. The van der Waals surface area contributed by atoms with E-state index in [9.17, 15) is 13.2 Å². The largest absolute Gasteiger partial charge is 0.366 e. The molecule has 2 saturated heterocycles. The van der Waals surface area contributed by atoms with Crippen molar-refractivity contribution in [2.75, 3.05) is 24.6 Å². The zero-order valence-corrected chi connectivity index (χ0v) is 18.3. The number of amides is 1. The number of fused-ring (bicyclic) bond motifs is 1. The molecule has 1 aromatic carbocycles. The molecule has 2 aliphatic rings. The Bertz CT molecular complexity index is 1210. The van der Waals surface area contributed by atoms with Crippen LogP contribution in [-0.2, 0) is 16.4 Å². The average Bonchev–Trinajstić information content (AvgIpc) is 3.31. The predicted molar refractivity (Wildman–Crippen MR) is 121 cm³/mol. The fourth-order valence-electron chi connectivity index (χ4n) is 4.53. The van der Waals surface area contributed by atoms with E-state index in [2.05, 4.69) is 27.4 Å². The number of H-pyrrole nitrogens is 1. The van der Waals surface area contributed by atoms with Gasteiger partial charge in [0.2, 0.25) is 0 Å². The quantitative estimate of drug-likeness (QED) is 0.631. The molecule has 6 nitrogen and oxygen atoms in total. The molecule has 0 saturated carbocycles. The van der Waals surface area contributed by atoms with Gasteiger partial charge in [0.25, 0.3) is 5.91 Å². The minimum atomic E-state index is -2.92. The SMILES string of the molecule is NC(=O)c1cc(-c2csc(CN3CCC3)c2)cc2c(C3CCS(=O)(=O)CC3)c[nH]c12. The number of hydrogen-bond acceptors (Lipinski definition) is 5. The molecule has 0 aliphatic carbocycles. The second-order valence-corrected chi connectivity index (χ2v) is 11.7. The van der Waals surface area contributed by atoms with Crippen molar-refractivity contribution in [2.24, 2.45) is 5.73 Å². The van der Waals surface area contributed by atoms with E-state index in [1.807, 2.05) is 12.3 Å². The number of sulfone groups is 1. The van der Waals surface area contributed by atoms with Gasteiger partial charge in [-0.05, 0) is 78.5 Å². The fourth-order valence-corrected chi connectivity index (χ4v) is 6.95. The second kappa shape index (κ2) is 7.51. The summed E-state index contributed by atoms with van der Waals surface area (Å²) in [5, 5.41) is 3.11. The number of aromatic nitrogens is 1. The smallest absolute Gasteiger partial charge is 0.250 e. The molecule has 8 heteroatoms. The number of thiophene rings is 1. The normalized spacial score (nSPS) is 19.7. The Morgan fingerprint density at radius 1 is 1.17 bits per heavy atom. The number of nitrogens with one attached hydrogen (secondary N) is 1. The monoisotopic (exact) mass is 443 g/mol. The molecule has 5 rings (SSSR count). The standard InChI is InChI=1S/C22H25N3O3S2/c23-22(26)19-10-15(16-8-17(29-13-16)12-25-4-1-5-25)9-18-20(11-24-21(18)19)14-2-6-30(27,28)7-3-14/h8-11,13-14,24H,1-7,12H2,(H2,23,26). The summed E-state index contributed by atoms with van der Waals surface area (Å²) in [4.78, 5) is 19.2. The van der Waals surface area contributed by atoms with Gasteiger partial charge in [-0.15, -0.1) is 11.3 Å². The van der Waals surface area contributed by atoms with E-state index >= 15 is 0 Å². The highest BCUT2D eigenvalue weighted by molar-refractivity contribution is 7.91. The van der Waals surface area contributed by atoms with Crippen LogP contribution in [0.3, 0.4) is 0 Å². The van der Waals surface area contributed by atoms with E-state index in [1.165, 1.54) is 11.3 Å². The van der Waals surface area contributed by atoms with Crippen LogP contribution in [0.4, 0.5) is 0 Å². The van der Waals surface area contributed by atoms with Crippen LogP contribution < -0.4 is 5.73 Å². The van der Waals surface area contributed by atoms with Crippen LogP contribution in [0.15, 0.2) is 29.8 Å². The van der Waals surface area contributed by atoms with Gasteiger partial charge in [0.1, 0.15) is 9.84 Å². The number of nitrogens with two attached hydrogens (primary N) is 1. The van der Waals surface area contributed by atoms with Crippen molar-refractivity contribution >= 4 is 38.0 Å². The molecule has 2 fully saturated rings. The molecule has 3 N–H and O–H groups in total. The third-order valence-corrected chi connectivity index (χ3v) is 9.03. The van der Waals surface area contributed by atoms with Crippen molar-refractivity contribution in [3.63, 3.8) is 0 Å². The maximum Gasteiger partial charge on any atom is 0.250 e. The number of primary amides is 1. The first-order valence-electron chi connectivity index (χ1n) is 10.3. The molecule has 0 radical (unpaired) electrons. The Labute approximate surface area is 180 Å². The highest BCUT2D eigenvalue weighted by Crippen LogP contribution is 2.38. The molecular formula is C22H25N3O3S2. The fraction of sp³-hybridized carbons (Fsp3) is 0.409. The van der Waals surface area contributed by atoms with Gasteiger partial charge >= 0.3 is 0 Å². The topological polar surface area (TPSA) is 96.3 Å². The lowest BCUT2D eigenvalue weighted by Gasteiger charge is -2.29. The summed E-state index contributed by atoms with van der Waals surface area (Å²) < 4.78 is 23.7. The number of carbonyl (C=O) groups excluding carboxylic acids is 1. The van der Waals surface area contributed by atoms with E-state index in [1.54, 1.807) is 11.3 Å². The third kappa shape index (κ3) is 3.68. The van der Waals surface area contributed by atoms with Crippen molar-refractivity contribution in [3.05, 3.63) is 45.8 Å². The maximum atomic E-state index is 12.2. The maximum absolute atomic E-state index is 12.2. The van der Waals surface area contributed by atoms with Gasteiger partial charge < -0.3 is 10.7 Å². The summed E-state index contributed by atoms with van der Waals surface area (Å²) in [6.45, 7) is 3.30. The molecule has 3 aromatic rings. The predicted octanol–water partition coefficient (Wildman–Crippen LogP) is 3.49. The number of rotatable bonds is 5. The summed E-state index contributed by atoms with van der Waals surface area (Å²) in [7, 11) is -2.92. The van der Waals surface area contributed by atoms with Gasteiger partial charge in [-0.1, -0.05) is 0 Å².